The van der Waals surface area contributed by atoms with E-state index in [9.17, 15) is 0 Å². The van der Waals surface area contributed by atoms with Crippen LogP contribution in [0.3, 0.4) is 0 Å². The minimum atomic E-state index is -1.78. The van der Waals surface area contributed by atoms with Gasteiger partial charge in [-0.1, -0.05) is 32.4 Å². The first-order chi connectivity index (χ1) is 11.6. The van der Waals surface area contributed by atoms with Gasteiger partial charge in [0.15, 0.2) is 8.32 Å². The fraction of sp³-hybridized carbons (Fsp3) is 0.632. The average Bonchev–Trinajstić information content (AvgIpc) is 2.94. The van der Waals surface area contributed by atoms with Crippen molar-refractivity contribution in [2.24, 2.45) is 0 Å². The molecule has 1 aliphatic rings. The van der Waals surface area contributed by atoms with Crippen molar-refractivity contribution in [1.29, 1.82) is 5.26 Å². The monoisotopic (exact) mass is 379 g/mol. The molecule has 0 spiro atoms. The molecule has 25 heavy (non-hydrogen) atoms. The Hall–Kier alpha value is -1.06. The Kier molecular flexibility index (Phi) is 6.21. The molecule has 2 rings (SSSR count). The number of rotatable bonds is 5. The molecule has 0 radical (unpaired) electrons. The molecule has 0 saturated carbocycles. The van der Waals surface area contributed by atoms with Gasteiger partial charge in [-0.05, 0) is 55.7 Å². The first-order valence-corrected chi connectivity index (χ1v) is 12.2. The predicted octanol–water partition coefficient (Wildman–Crippen LogP) is 4.68. The van der Waals surface area contributed by atoms with Crippen LogP contribution >= 0.6 is 11.6 Å². The van der Waals surface area contributed by atoms with Crippen molar-refractivity contribution in [3.63, 3.8) is 0 Å². The maximum absolute atomic E-state index is 9.07. The van der Waals surface area contributed by atoms with Crippen molar-refractivity contribution in [2.45, 2.75) is 64.4 Å². The van der Waals surface area contributed by atoms with Crippen LogP contribution in [0.15, 0.2) is 12.1 Å². The molecule has 2 atom stereocenters. The van der Waals surface area contributed by atoms with Crippen molar-refractivity contribution in [1.82, 2.24) is 5.32 Å². The summed E-state index contributed by atoms with van der Waals surface area (Å²) in [7, 11) is -1.78. The number of benzene rings is 1. The molecule has 1 aromatic rings. The summed E-state index contributed by atoms with van der Waals surface area (Å²) in [4.78, 5) is 0. The second kappa shape index (κ2) is 7.67. The largest absolute Gasteiger partial charge is 0.412 e. The van der Waals surface area contributed by atoms with Gasteiger partial charge in [0.2, 0.25) is 0 Å². The van der Waals surface area contributed by atoms with Gasteiger partial charge in [0.1, 0.15) is 6.07 Å². The maximum atomic E-state index is 9.07. The van der Waals surface area contributed by atoms with E-state index in [1.807, 2.05) is 13.0 Å². The Morgan fingerprint density at radius 3 is 2.68 bits per heavy atom. The summed E-state index contributed by atoms with van der Waals surface area (Å²) in [5, 5.41) is 16.8. The van der Waals surface area contributed by atoms with Crippen LogP contribution in [-0.4, -0.2) is 33.6 Å². The lowest BCUT2D eigenvalue weighted by Crippen LogP contribution is -2.48. The Morgan fingerprint density at radius 2 is 2.08 bits per heavy atom. The maximum Gasteiger partial charge on any atom is 0.192 e. The Bertz CT molecular complexity index is 664. The van der Waals surface area contributed by atoms with E-state index in [-0.39, 0.29) is 17.2 Å². The van der Waals surface area contributed by atoms with Crippen LogP contribution in [0.2, 0.25) is 23.2 Å². The molecule has 1 aliphatic heterocycles. The first-order valence-electron chi connectivity index (χ1n) is 8.91. The molecule has 1 saturated heterocycles. The van der Waals surface area contributed by atoms with Crippen molar-refractivity contribution in [2.75, 3.05) is 18.4 Å². The fourth-order valence-corrected chi connectivity index (χ4v) is 4.43. The van der Waals surface area contributed by atoms with Crippen molar-refractivity contribution < 1.29 is 4.43 Å². The second-order valence-corrected chi connectivity index (χ2v) is 13.5. The van der Waals surface area contributed by atoms with Gasteiger partial charge in [-0.2, -0.15) is 5.26 Å². The Balaban J connectivity index is 2.03. The summed E-state index contributed by atoms with van der Waals surface area (Å²) in [6.07, 6.45) is 1.29. The minimum Gasteiger partial charge on any atom is -0.412 e. The molecule has 1 heterocycles. The number of anilines is 1. The zero-order valence-corrected chi connectivity index (χ0v) is 17.9. The summed E-state index contributed by atoms with van der Waals surface area (Å²) in [5.74, 6) is 0. The van der Waals surface area contributed by atoms with E-state index < -0.39 is 8.32 Å². The minimum absolute atomic E-state index is 0.213. The highest BCUT2D eigenvalue weighted by atomic mass is 35.5. The van der Waals surface area contributed by atoms with Gasteiger partial charge in [0.05, 0.1) is 16.7 Å². The molecule has 138 valence electrons. The molecule has 0 aromatic heterocycles. The first kappa shape index (κ1) is 20.3. The lowest BCUT2D eigenvalue weighted by atomic mass is 10.1. The second-order valence-electron chi connectivity index (χ2n) is 8.36. The Labute approximate surface area is 158 Å². The highest BCUT2D eigenvalue weighted by Crippen LogP contribution is 2.38. The van der Waals surface area contributed by atoms with Gasteiger partial charge in [-0.25, -0.2) is 0 Å². The zero-order chi connectivity index (χ0) is 18.8. The van der Waals surface area contributed by atoms with Gasteiger partial charge >= 0.3 is 0 Å². The highest BCUT2D eigenvalue weighted by molar-refractivity contribution is 6.74. The predicted molar refractivity (Wildman–Crippen MR) is 108 cm³/mol. The molecule has 6 heteroatoms. The van der Waals surface area contributed by atoms with Crippen LogP contribution in [-0.2, 0) is 4.43 Å². The Morgan fingerprint density at radius 1 is 1.40 bits per heavy atom. The molecule has 2 N–H and O–H groups in total. The molecule has 0 bridgehead atoms. The number of hydrogen-bond acceptors (Lipinski definition) is 4. The van der Waals surface area contributed by atoms with Crippen LogP contribution in [0.5, 0.6) is 0 Å². The molecular weight excluding hydrogens is 350 g/mol. The lowest BCUT2D eigenvalue weighted by Gasteiger charge is -2.39. The summed E-state index contributed by atoms with van der Waals surface area (Å²) in [6.45, 7) is 15.1. The van der Waals surface area contributed by atoms with Crippen LogP contribution in [0, 0.1) is 18.3 Å². The molecule has 4 nitrogen and oxygen atoms in total. The zero-order valence-electron chi connectivity index (χ0n) is 16.2. The van der Waals surface area contributed by atoms with Gasteiger partial charge in [0, 0.05) is 18.3 Å². The summed E-state index contributed by atoms with van der Waals surface area (Å²) < 4.78 is 6.62. The smallest absolute Gasteiger partial charge is 0.192 e. The van der Waals surface area contributed by atoms with Crippen LogP contribution in [0.25, 0.3) is 0 Å². The van der Waals surface area contributed by atoms with Gasteiger partial charge in [0.25, 0.3) is 0 Å². The normalized spacial score (nSPS) is 21.2. The van der Waals surface area contributed by atoms with E-state index in [1.54, 1.807) is 6.07 Å². The molecule has 1 unspecified atom stereocenters. The molecule has 0 amide bonds. The number of nitriles is 1. The summed E-state index contributed by atoms with van der Waals surface area (Å²) >= 11 is 6.26. The summed E-state index contributed by atoms with van der Waals surface area (Å²) in [5.41, 5.74) is 2.41. The van der Waals surface area contributed by atoms with Gasteiger partial charge < -0.3 is 15.1 Å². The van der Waals surface area contributed by atoms with Crippen molar-refractivity contribution >= 4 is 25.6 Å². The van der Waals surface area contributed by atoms with Gasteiger partial charge in [-0.15, -0.1) is 0 Å². The number of nitrogens with one attached hydrogen (secondary N) is 2. The lowest BCUT2D eigenvalue weighted by molar-refractivity contribution is 0.170. The third kappa shape index (κ3) is 4.56. The third-order valence-electron chi connectivity index (χ3n) is 5.56. The van der Waals surface area contributed by atoms with Crippen LogP contribution < -0.4 is 10.6 Å². The molecule has 0 aliphatic carbocycles. The van der Waals surface area contributed by atoms with Crippen LogP contribution in [0.4, 0.5) is 5.69 Å². The molecular formula is C19H30ClN3OSi. The molecule has 1 fully saturated rings. The number of nitrogens with zero attached hydrogens (tertiary/aromatic N) is 1. The fourth-order valence-electron chi connectivity index (χ4n) is 2.83. The van der Waals surface area contributed by atoms with Crippen molar-refractivity contribution in [3.8, 4) is 6.07 Å². The SMILES string of the molecule is Cc1c(NCC2NCC[C@@H]2O[Si](C)(C)C(C)(C)C)ccc(C#N)c1Cl. The van der Waals surface area contributed by atoms with Gasteiger partial charge in [-0.3, -0.25) is 0 Å². The van der Waals surface area contributed by atoms with E-state index in [2.05, 4.69) is 50.6 Å². The van der Waals surface area contributed by atoms with E-state index >= 15 is 0 Å². The third-order valence-corrected chi connectivity index (χ3v) is 10.5. The van der Waals surface area contributed by atoms with Crippen molar-refractivity contribution in [3.05, 3.63) is 28.3 Å². The summed E-state index contributed by atoms with van der Waals surface area (Å²) in [6, 6.07) is 6.10. The quantitative estimate of drug-likeness (QED) is 0.729. The van der Waals surface area contributed by atoms with E-state index in [0.717, 1.165) is 30.8 Å². The average molecular weight is 380 g/mol. The standard InChI is InChI=1S/C19H30ClN3OSi/c1-13-15(8-7-14(11-21)18(13)20)23-12-16-17(9-10-22-16)24-25(5,6)19(2,3)4/h7-8,16-17,22-23H,9-10,12H2,1-6H3/t16?,17-/m0/s1. The van der Waals surface area contributed by atoms with E-state index in [1.165, 1.54) is 0 Å². The number of halogens is 1. The number of hydrogen-bond donors (Lipinski definition) is 2. The van der Waals surface area contributed by atoms with E-state index in [4.69, 9.17) is 21.3 Å². The highest BCUT2D eigenvalue weighted by Gasteiger charge is 2.41. The van der Waals surface area contributed by atoms with E-state index in [0.29, 0.717) is 10.6 Å². The molecule has 1 aromatic carbocycles. The van der Waals surface area contributed by atoms with Crippen LogP contribution in [0.1, 0.15) is 38.3 Å². The topological polar surface area (TPSA) is 57.1 Å².